The molecule has 0 saturated carbocycles. The SMILES string of the molecule is COc1cccc(CNC(=O)[C@@H]2CSCN2C(=O)c2c(C)c(C)nn(C)c2=O)c1. The summed E-state index contributed by atoms with van der Waals surface area (Å²) in [6.45, 7) is 3.79. The number of hydrogen-bond donors (Lipinski definition) is 1. The van der Waals surface area contributed by atoms with Gasteiger partial charge in [0.15, 0.2) is 0 Å². The molecule has 3 rings (SSSR count). The van der Waals surface area contributed by atoms with Crippen LogP contribution in [0, 0.1) is 13.8 Å². The van der Waals surface area contributed by atoms with Crippen LogP contribution in [0.5, 0.6) is 5.75 Å². The van der Waals surface area contributed by atoms with Crippen molar-refractivity contribution in [2.75, 3.05) is 18.7 Å². The number of carbonyl (C=O) groups excluding carboxylic acids is 2. The number of nitrogens with one attached hydrogen (secondary N) is 1. The second kappa shape index (κ2) is 8.69. The second-order valence-electron chi connectivity index (χ2n) is 6.87. The molecule has 9 heteroatoms. The number of nitrogens with zero attached hydrogens (tertiary/aromatic N) is 3. The van der Waals surface area contributed by atoms with Gasteiger partial charge in [0.1, 0.15) is 17.4 Å². The van der Waals surface area contributed by atoms with E-state index in [-0.39, 0.29) is 11.5 Å². The molecule has 1 aliphatic rings. The van der Waals surface area contributed by atoms with E-state index in [0.29, 0.717) is 35.2 Å². The number of aromatic nitrogens is 2. The van der Waals surface area contributed by atoms with E-state index in [1.54, 1.807) is 21.0 Å². The van der Waals surface area contributed by atoms with E-state index in [4.69, 9.17) is 4.74 Å². The average molecular weight is 417 g/mol. The maximum absolute atomic E-state index is 13.1. The quantitative estimate of drug-likeness (QED) is 0.788. The number of hydrogen-bond acceptors (Lipinski definition) is 6. The minimum Gasteiger partial charge on any atom is -0.497 e. The summed E-state index contributed by atoms with van der Waals surface area (Å²) in [7, 11) is 3.10. The topological polar surface area (TPSA) is 93.5 Å². The van der Waals surface area contributed by atoms with Crippen LogP contribution in [0.3, 0.4) is 0 Å². The van der Waals surface area contributed by atoms with Crippen LogP contribution in [0.4, 0.5) is 0 Å². The highest BCUT2D eigenvalue weighted by atomic mass is 32.2. The fraction of sp³-hybridized carbons (Fsp3) is 0.400. The third-order valence-corrected chi connectivity index (χ3v) is 6.00. The zero-order valence-corrected chi connectivity index (χ0v) is 17.7. The number of aryl methyl sites for hydroxylation is 2. The van der Waals surface area contributed by atoms with E-state index in [1.165, 1.54) is 23.7 Å². The lowest BCUT2D eigenvalue weighted by Crippen LogP contribution is -2.48. The van der Waals surface area contributed by atoms with E-state index in [9.17, 15) is 14.4 Å². The molecular weight excluding hydrogens is 392 g/mol. The van der Waals surface area contributed by atoms with Crippen LogP contribution >= 0.6 is 11.8 Å². The molecule has 1 fully saturated rings. The Morgan fingerprint density at radius 3 is 2.83 bits per heavy atom. The van der Waals surface area contributed by atoms with Crippen LogP contribution in [0.2, 0.25) is 0 Å². The Bertz CT molecular complexity index is 1000. The van der Waals surface area contributed by atoms with Gasteiger partial charge in [-0.05, 0) is 37.1 Å². The molecular formula is C20H24N4O4S. The van der Waals surface area contributed by atoms with Crippen molar-refractivity contribution in [2.45, 2.75) is 26.4 Å². The molecule has 1 aromatic carbocycles. The summed E-state index contributed by atoms with van der Waals surface area (Å²) < 4.78 is 6.36. The fourth-order valence-electron chi connectivity index (χ4n) is 3.19. The first-order chi connectivity index (χ1) is 13.8. The smallest absolute Gasteiger partial charge is 0.279 e. The maximum atomic E-state index is 13.1. The summed E-state index contributed by atoms with van der Waals surface area (Å²) in [6, 6.07) is 6.79. The molecule has 0 bridgehead atoms. The number of methoxy groups -OCH3 is 1. The monoisotopic (exact) mass is 416 g/mol. The van der Waals surface area contributed by atoms with E-state index in [2.05, 4.69) is 10.4 Å². The van der Waals surface area contributed by atoms with Crippen molar-refractivity contribution in [3.05, 3.63) is 57.0 Å². The molecule has 0 aliphatic carbocycles. The van der Waals surface area contributed by atoms with Crippen LogP contribution in [0.15, 0.2) is 29.1 Å². The van der Waals surface area contributed by atoms with Gasteiger partial charge in [-0.3, -0.25) is 14.4 Å². The third-order valence-electron chi connectivity index (χ3n) is 4.99. The van der Waals surface area contributed by atoms with E-state index in [0.717, 1.165) is 10.2 Å². The Kier molecular flexibility index (Phi) is 6.26. The Hall–Kier alpha value is -2.81. The molecule has 2 aromatic rings. The summed E-state index contributed by atoms with van der Waals surface area (Å²) in [5.74, 6) is 0.884. The maximum Gasteiger partial charge on any atom is 0.279 e. The minimum atomic E-state index is -0.629. The molecule has 154 valence electrons. The van der Waals surface area contributed by atoms with Crippen LogP contribution in [-0.2, 0) is 18.4 Å². The molecule has 29 heavy (non-hydrogen) atoms. The van der Waals surface area contributed by atoms with Crippen molar-refractivity contribution < 1.29 is 14.3 Å². The molecule has 1 N–H and O–H groups in total. The molecule has 1 atom stereocenters. The number of rotatable bonds is 5. The van der Waals surface area contributed by atoms with Gasteiger partial charge in [-0.15, -0.1) is 11.8 Å². The zero-order valence-electron chi connectivity index (χ0n) is 16.9. The van der Waals surface area contributed by atoms with E-state index in [1.807, 2.05) is 24.3 Å². The molecule has 1 aromatic heterocycles. The molecule has 2 amide bonds. The van der Waals surface area contributed by atoms with Gasteiger partial charge in [0.2, 0.25) is 5.91 Å². The third kappa shape index (κ3) is 4.29. The van der Waals surface area contributed by atoms with Crippen molar-refractivity contribution in [3.8, 4) is 5.75 Å². The van der Waals surface area contributed by atoms with Crippen LogP contribution in [0.1, 0.15) is 27.2 Å². The predicted molar refractivity (Wildman–Crippen MR) is 111 cm³/mol. The first-order valence-corrected chi connectivity index (χ1v) is 10.3. The normalized spacial score (nSPS) is 16.0. The Morgan fingerprint density at radius 2 is 2.10 bits per heavy atom. The van der Waals surface area contributed by atoms with Gasteiger partial charge < -0.3 is 15.0 Å². The van der Waals surface area contributed by atoms with Crippen LogP contribution in [0.25, 0.3) is 0 Å². The molecule has 1 saturated heterocycles. The molecule has 0 unspecified atom stereocenters. The Balaban J connectivity index is 1.77. The highest BCUT2D eigenvalue weighted by molar-refractivity contribution is 7.99. The minimum absolute atomic E-state index is 0.0769. The van der Waals surface area contributed by atoms with Crippen LogP contribution in [-0.4, -0.2) is 51.3 Å². The number of benzene rings is 1. The summed E-state index contributed by atoms with van der Waals surface area (Å²) in [5, 5.41) is 7.00. The number of amides is 2. The van der Waals surface area contributed by atoms with E-state index >= 15 is 0 Å². The summed E-state index contributed by atoms with van der Waals surface area (Å²) in [5.41, 5.74) is 1.68. The van der Waals surface area contributed by atoms with Crippen molar-refractivity contribution >= 4 is 23.6 Å². The Morgan fingerprint density at radius 1 is 1.34 bits per heavy atom. The molecule has 0 radical (unpaired) electrons. The number of thioether (sulfide) groups is 1. The van der Waals surface area contributed by atoms with Crippen molar-refractivity contribution in [1.82, 2.24) is 20.0 Å². The summed E-state index contributed by atoms with van der Waals surface area (Å²) >= 11 is 1.49. The standard InChI is InChI=1S/C20H24N4O4S/c1-12-13(2)22-23(3)19(26)17(12)20(27)24-11-29-10-16(24)18(25)21-9-14-6-5-7-15(8-14)28-4/h5-8,16H,9-11H2,1-4H3,(H,21,25)/t16-/m0/s1. The number of ether oxygens (including phenoxy) is 1. The Labute approximate surface area is 173 Å². The molecule has 0 spiro atoms. The van der Waals surface area contributed by atoms with Gasteiger partial charge in [-0.2, -0.15) is 5.10 Å². The second-order valence-corrected chi connectivity index (χ2v) is 7.87. The summed E-state index contributed by atoms with van der Waals surface area (Å²) in [6.07, 6.45) is 0. The van der Waals surface area contributed by atoms with Gasteiger partial charge in [0.25, 0.3) is 11.5 Å². The van der Waals surface area contributed by atoms with Gasteiger partial charge >= 0.3 is 0 Å². The average Bonchev–Trinajstić information content (AvgIpc) is 3.21. The summed E-state index contributed by atoms with van der Waals surface area (Å²) in [4.78, 5) is 39.9. The zero-order chi connectivity index (χ0) is 21.1. The molecule has 2 heterocycles. The number of carbonyl (C=O) groups is 2. The lowest BCUT2D eigenvalue weighted by Gasteiger charge is -2.24. The van der Waals surface area contributed by atoms with Gasteiger partial charge in [0.05, 0.1) is 18.7 Å². The first kappa shape index (κ1) is 20.9. The van der Waals surface area contributed by atoms with Crippen molar-refractivity contribution in [3.63, 3.8) is 0 Å². The highest BCUT2D eigenvalue weighted by Crippen LogP contribution is 2.24. The molecule has 8 nitrogen and oxygen atoms in total. The van der Waals surface area contributed by atoms with Gasteiger partial charge in [-0.25, -0.2) is 4.68 Å². The van der Waals surface area contributed by atoms with Crippen LogP contribution < -0.4 is 15.6 Å². The fourth-order valence-corrected chi connectivity index (χ4v) is 4.35. The molecule has 1 aliphatic heterocycles. The van der Waals surface area contributed by atoms with E-state index < -0.39 is 17.5 Å². The lowest BCUT2D eigenvalue weighted by atomic mass is 10.1. The largest absolute Gasteiger partial charge is 0.497 e. The van der Waals surface area contributed by atoms with Gasteiger partial charge in [0, 0.05) is 19.3 Å². The van der Waals surface area contributed by atoms with Gasteiger partial charge in [-0.1, -0.05) is 12.1 Å². The lowest BCUT2D eigenvalue weighted by molar-refractivity contribution is -0.124. The van der Waals surface area contributed by atoms with Crippen molar-refractivity contribution in [2.24, 2.45) is 7.05 Å². The van der Waals surface area contributed by atoms with Crippen molar-refractivity contribution in [1.29, 1.82) is 0 Å². The first-order valence-electron chi connectivity index (χ1n) is 9.17. The predicted octanol–water partition coefficient (Wildman–Crippen LogP) is 1.24. The highest BCUT2D eigenvalue weighted by Gasteiger charge is 2.37.